The molecule has 0 aliphatic carbocycles. The highest BCUT2D eigenvalue weighted by Gasteiger charge is 2.21. The van der Waals surface area contributed by atoms with Gasteiger partial charge in [0.2, 0.25) is 0 Å². The third-order valence-electron chi connectivity index (χ3n) is 8.73. The van der Waals surface area contributed by atoms with Crippen molar-refractivity contribution in [3.63, 3.8) is 0 Å². The smallest absolute Gasteiger partial charge is 0.164 e. The fourth-order valence-electron chi connectivity index (χ4n) is 6.49. The van der Waals surface area contributed by atoms with E-state index in [9.17, 15) is 0 Å². The van der Waals surface area contributed by atoms with E-state index in [-0.39, 0.29) is 0 Å². The van der Waals surface area contributed by atoms with Gasteiger partial charge in [0.15, 0.2) is 17.5 Å². The Hall–Kier alpha value is -6.39. The van der Waals surface area contributed by atoms with Crippen molar-refractivity contribution in [2.24, 2.45) is 0 Å². The summed E-state index contributed by atoms with van der Waals surface area (Å²) < 4.78 is 6.64. The van der Waals surface area contributed by atoms with Crippen molar-refractivity contribution in [2.45, 2.75) is 0 Å². The largest absolute Gasteiger partial charge is 0.455 e. The van der Waals surface area contributed by atoms with Crippen LogP contribution in [0, 0.1) is 0 Å². The summed E-state index contributed by atoms with van der Waals surface area (Å²) in [7, 11) is 0. The minimum Gasteiger partial charge on any atom is -0.455 e. The maximum Gasteiger partial charge on any atom is 0.164 e. The average Bonchev–Trinajstić information content (AvgIpc) is 3.55. The molecule has 2 aromatic heterocycles. The summed E-state index contributed by atoms with van der Waals surface area (Å²) >= 11 is 0. The molecule has 9 rings (SSSR count). The molecule has 2 heterocycles. The van der Waals surface area contributed by atoms with Crippen LogP contribution in [0.3, 0.4) is 0 Å². The van der Waals surface area contributed by atoms with Gasteiger partial charge in [-0.1, -0.05) is 146 Å². The highest BCUT2D eigenvalue weighted by molar-refractivity contribution is 6.22. The number of fused-ring (bicyclic) bond motifs is 5. The molecule has 0 radical (unpaired) electrons. The van der Waals surface area contributed by atoms with E-state index in [1.165, 1.54) is 0 Å². The van der Waals surface area contributed by atoms with E-state index in [1.54, 1.807) is 0 Å². The van der Waals surface area contributed by atoms with Gasteiger partial charge in [0.1, 0.15) is 11.2 Å². The number of rotatable bonds is 5. The maximum absolute atomic E-state index is 6.64. The Morgan fingerprint density at radius 2 is 0.894 bits per heavy atom. The SMILES string of the molecule is c1ccc(-c2cccc(-c3nc(-c4ccccc4)nc(-c4cc5c(-c6ccccc6)cccc5c5oc6ccccc6c45)n3)c2)cc1. The van der Waals surface area contributed by atoms with E-state index in [1.807, 2.05) is 54.6 Å². The normalized spacial score (nSPS) is 11.4. The molecule has 4 nitrogen and oxygen atoms in total. The summed E-state index contributed by atoms with van der Waals surface area (Å²) in [5, 5.41) is 4.15. The zero-order valence-electron chi connectivity index (χ0n) is 25.3. The first-order valence-electron chi connectivity index (χ1n) is 15.7. The minimum absolute atomic E-state index is 0.597. The summed E-state index contributed by atoms with van der Waals surface area (Å²) in [6.07, 6.45) is 0. The molecular weight excluding hydrogens is 574 g/mol. The van der Waals surface area contributed by atoms with Crippen LogP contribution in [-0.4, -0.2) is 15.0 Å². The van der Waals surface area contributed by atoms with Crippen LogP contribution in [0.4, 0.5) is 0 Å². The summed E-state index contributed by atoms with van der Waals surface area (Å²) in [5.41, 5.74) is 8.91. The first-order valence-corrected chi connectivity index (χ1v) is 15.7. The van der Waals surface area contributed by atoms with Crippen molar-refractivity contribution < 1.29 is 4.42 Å². The molecule has 220 valence electrons. The molecule has 0 saturated carbocycles. The van der Waals surface area contributed by atoms with Crippen molar-refractivity contribution in [3.05, 3.63) is 164 Å². The van der Waals surface area contributed by atoms with E-state index < -0.39 is 0 Å². The van der Waals surface area contributed by atoms with Gasteiger partial charge in [0, 0.05) is 32.8 Å². The van der Waals surface area contributed by atoms with Gasteiger partial charge in [0.05, 0.1) is 0 Å². The lowest BCUT2D eigenvalue weighted by Crippen LogP contribution is -2.01. The lowest BCUT2D eigenvalue weighted by atomic mass is 9.93. The predicted octanol–water partition coefficient (Wildman–Crippen LogP) is 11.3. The number of aromatic nitrogens is 3. The fraction of sp³-hybridized carbons (Fsp3) is 0. The zero-order chi connectivity index (χ0) is 31.2. The Morgan fingerprint density at radius 3 is 1.66 bits per heavy atom. The second kappa shape index (κ2) is 11.2. The van der Waals surface area contributed by atoms with Crippen molar-refractivity contribution >= 4 is 32.7 Å². The Morgan fingerprint density at radius 1 is 0.340 bits per heavy atom. The third kappa shape index (κ3) is 4.75. The van der Waals surface area contributed by atoms with Crippen LogP contribution in [0.1, 0.15) is 0 Å². The van der Waals surface area contributed by atoms with Gasteiger partial charge in [-0.2, -0.15) is 0 Å². The first-order chi connectivity index (χ1) is 23.3. The average molecular weight is 602 g/mol. The standard InChI is InChI=1S/C43H27N3O/c1-4-14-28(15-5-1)31-20-12-21-32(26-31)42-44-41(30-18-8-3-9-19-30)45-43(46-42)37-27-36-33(29-16-6-2-7-17-29)23-13-24-34(36)40-39(37)35-22-10-11-25-38(35)47-40/h1-27H. The van der Waals surface area contributed by atoms with Gasteiger partial charge in [-0.15, -0.1) is 0 Å². The van der Waals surface area contributed by atoms with Gasteiger partial charge in [-0.05, 0) is 45.8 Å². The second-order valence-electron chi connectivity index (χ2n) is 11.6. The number of furan rings is 1. The van der Waals surface area contributed by atoms with Crippen LogP contribution in [0.15, 0.2) is 168 Å². The molecule has 0 aliphatic heterocycles. The van der Waals surface area contributed by atoms with Gasteiger partial charge >= 0.3 is 0 Å². The molecule has 0 amide bonds. The molecule has 0 fully saturated rings. The molecule has 0 N–H and O–H groups in total. The highest BCUT2D eigenvalue weighted by Crippen LogP contribution is 2.43. The Labute approximate surface area is 271 Å². The number of hydrogen-bond acceptors (Lipinski definition) is 4. The summed E-state index contributed by atoms with van der Waals surface area (Å²) in [4.78, 5) is 15.4. The monoisotopic (exact) mass is 601 g/mol. The quantitative estimate of drug-likeness (QED) is 0.197. The van der Waals surface area contributed by atoms with Crippen LogP contribution < -0.4 is 0 Å². The molecule has 0 saturated heterocycles. The van der Waals surface area contributed by atoms with Crippen LogP contribution >= 0.6 is 0 Å². The Balaban J connectivity index is 1.36. The van der Waals surface area contributed by atoms with E-state index in [4.69, 9.17) is 19.4 Å². The number of benzene rings is 7. The molecule has 9 aromatic rings. The number of nitrogens with zero attached hydrogens (tertiary/aromatic N) is 3. The first kappa shape index (κ1) is 27.0. The maximum atomic E-state index is 6.64. The lowest BCUT2D eigenvalue weighted by molar-refractivity contribution is 0.672. The fourth-order valence-corrected chi connectivity index (χ4v) is 6.49. The molecule has 47 heavy (non-hydrogen) atoms. The third-order valence-corrected chi connectivity index (χ3v) is 8.73. The lowest BCUT2D eigenvalue weighted by Gasteiger charge is -2.13. The molecule has 7 aromatic carbocycles. The van der Waals surface area contributed by atoms with Crippen LogP contribution in [0.25, 0.3) is 89.1 Å². The topological polar surface area (TPSA) is 51.8 Å². The Bertz CT molecular complexity index is 2560. The van der Waals surface area contributed by atoms with Crippen LogP contribution in [0.5, 0.6) is 0 Å². The molecule has 0 aliphatic rings. The van der Waals surface area contributed by atoms with Crippen molar-refractivity contribution in [1.82, 2.24) is 15.0 Å². The van der Waals surface area contributed by atoms with Gasteiger partial charge in [0.25, 0.3) is 0 Å². The molecule has 0 unspecified atom stereocenters. The summed E-state index contributed by atoms with van der Waals surface area (Å²) in [6, 6.07) is 56.2. The van der Waals surface area contributed by atoms with Crippen molar-refractivity contribution in [2.75, 3.05) is 0 Å². The number of hydrogen-bond donors (Lipinski definition) is 0. The van der Waals surface area contributed by atoms with Crippen LogP contribution in [-0.2, 0) is 0 Å². The van der Waals surface area contributed by atoms with Crippen LogP contribution in [0.2, 0.25) is 0 Å². The molecule has 0 atom stereocenters. The van der Waals surface area contributed by atoms with E-state index >= 15 is 0 Å². The van der Waals surface area contributed by atoms with Gasteiger partial charge in [-0.3, -0.25) is 0 Å². The zero-order valence-corrected chi connectivity index (χ0v) is 25.3. The second-order valence-corrected chi connectivity index (χ2v) is 11.6. The minimum atomic E-state index is 0.597. The van der Waals surface area contributed by atoms with Crippen molar-refractivity contribution in [3.8, 4) is 56.4 Å². The van der Waals surface area contributed by atoms with Crippen molar-refractivity contribution in [1.29, 1.82) is 0 Å². The predicted molar refractivity (Wildman–Crippen MR) is 192 cm³/mol. The van der Waals surface area contributed by atoms with E-state index in [2.05, 4.69) is 109 Å². The van der Waals surface area contributed by atoms with E-state index in [0.717, 1.165) is 71.7 Å². The van der Waals surface area contributed by atoms with Gasteiger partial charge < -0.3 is 4.42 Å². The highest BCUT2D eigenvalue weighted by atomic mass is 16.3. The number of para-hydroxylation sites is 1. The van der Waals surface area contributed by atoms with Gasteiger partial charge in [-0.25, -0.2) is 15.0 Å². The molecular formula is C43H27N3O. The van der Waals surface area contributed by atoms with E-state index in [0.29, 0.717) is 17.5 Å². The summed E-state index contributed by atoms with van der Waals surface area (Å²) in [6.45, 7) is 0. The molecule has 0 spiro atoms. The molecule has 0 bridgehead atoms. The summed E-state index contributed by atoms with van der Waals surface area (Å²) in [5.74, 6) is 1.83. The Kier molecular flexibility index (Phi) is 6.43. The molecule has 4 heteroatoms.